The largest absolute Gasteiger partial charge is 0.393 e. The second-order valence-electron chi connectivity index (χ2n) is 3.61. The lowest BCUT2D eigenvalue weighted by Gasteiger charge is -2.09. The SMILES string of the molecule is Cc1ccc(Nc2ncnc(N)c2N)cc1Cl. The first-order chi connectivity index (χ1) is 8.08. The molecule has 0 atom stereocenters. The molecule has 1 aromatic heterocycles. The van der Waals surface area contributed by atoms with E-state index in [0.717, 1.165) is 11.3 Å². The molecule has 0 saturated carbocycles. The first kappa shape index (κ1) is 11.5. The average molecular weight is 250 g/mol. The Balaban J connectivity index is 2.31. The van der Waals surface area contributed by atoms with Crippen LogP contribution in [0.25, 0.3) is 0 Å². The smallest absolute Gasteiger partial charge is 0.159 e. The van der Waals surface area contributed by atoms with E-state index in [1.165, 1.54) is 6.33 Å². The van der Waals surface area contributed by atoms with Gasteiger partial charge in [0.1, 0.15) is 12.0 Å². The molecule has 88 valence electrons. The summed E-state index contributed by atoms with van der Waals surface area (Å²) in [6.07, 6.45) is 1.35. The number of nitrogens with zero attached hydrogens (tertiary/aromatic N) is 2. The topological polar surface area (TPSA) is 89.8 Å². The maximum atomic E-state index is 6.02. The van der Waals surface area contributed by atoms with Gasteiger partial charge in [0.25, 0.3) is 0 Å². The highest BCUT2D eigenvalue weighted by molar-refractivity contribution is 6.31. The highest BCUT2D eigenvalue weighted by atomic mass is 35.5. The van der Waals surface area contributed by atoms with E-state index < -0.39 is 0 Å². The Bertz CT molecular complexity index is 556. The normalized spacial score (nSPS) is 10.2. The van der Waals surface area contributed by atoms with E-state index in [9.17, 15) is 0 Å². The van der Waals surface area contributed by atoms with E-state index in [-0.39, 0.29) is 5.82 Å². The fraction of sp³-hybridized carbons (Fsp3) is 0.0909. The van der Waals surface area contributed by atoms with Gasteiger partial charge in [0, 0.05) is 10.7 Å². The minimum Gasteiger partial charge on any atom is -0.393 e. The first-order valence-electron chi connectivity index (χ1n) is 4.97. The number of nitrogen functional groups attached to an aromatic ring is 2. The predicted molar refractivity (Wildman–Crippen MR) is 70.3 cm³/mol. The Morgan fingerprint density at radius 2 is 2.00 bits per heavy atom. The molecule has 0 aliphatic rings. The number of hydrogen-bond donors (Lipinski definition) is 3. The average Bonchev–Trinajstić information content (AvgIpc) is 2.30. The summed E-state index contributed by atoms with van der Waals surface area (Å²) in [7, 11) is 0. The van der Waals surface area contributed by atoms with Crippen LogP contribution in [0, 0.1) is 6.92 Å². The molecular formula is C11H12ClN5. The highest BCUT2D eigenvalue weighted by Gasteiger charge is 2.06. The molecule has 1 heterocycles. The van der Waals surface area contributed by atoms with Gasteiger partial charge in [-0.3, -0.25) is 0 Å². The molecule has 17 heavy (non-hydrogen) atoms. The van der Waals surface area contributed by atoms with Crippen LogP contribution in [-0.2, 0) is 0 Å². The molecule has 5 nitrogen and oxygen atoms in total. The lowest BCUT2D eigenvalue weighted by molar-refractivity contribution is 1.18. The van der Waals surface area contributed by atoms with Crippen LogP contribution in [0.2, 0.25) is 5.02 Å². The van der Waals surface area contributed by atoms with Gasteiger partial charge in [-0.05, 0) is 24.6 Å². The van der Waals surface area contributed by atoms with Crippen molar-refractivity contribution in [2.24, 2.45) is 0 Å². The number of halogens is 1. The summed E-state index contributed by atoms with van der Waals surface area (Å²) in [6, 6.07) is 5.60. The molecule has 5 N–H and O–H groups in total. The van der Waals surface area contributed by atoms with Crippen LogP contribution >= 0.6 is 11.6 Å². The van der Waals surface area contributed by atoms with Gasteiger partial charge < -0.3 is 16.8 Å². The molecule has 0 aliphatic carbocycles. The van der Waals surface area contributed by atoms with Gasteiger partial charge in [0.2, 0.25) is 0 Å². The number of hydrogen-bond acceptors (Lipinski definition) is 5. The van der Waals surface area contributed by atoms with Gasteiger partial charge in [-0.25, -0.2) is 9.97 Å². The maximum absolute atomic E-state index is 6.02. The third-order valence-corrected chi connectivity index (χ3v) is 2.76. The van der Waals surface area contributed by atoms with Crippen molar-refractivity contribution in [1.82, 2.24) is 9.97 Å². The van der Waals surface area contributed by atoms with E-state index in [2.05, 4.69) is 15.3 Å². The minimum absolute atomic E-state index is 0.251. The maximum Gasteiger partial charge on any atom is 0.159 e. The fourth-order valence-corrected chi connectivity index (χ4v) is 1.50. The van der Waals surface area contributed by atoms with Gasteiger partial charge >= 0.3 is 0 Å². The fourth-order valence-electron chi connectivity index (χ4n) is 1.32. The number of rotatable bonds is 2. The molecular weight excluding hydrogens is 238 g/mol. The molecule has 0 amide bonds. The summed E-state index contributed by atoms with van der Waals surface area (Å²) in [5.41, 5.74) is 13.5. The molecule has 0 unspecified atom stereocenters. The van der Waals surface area contributed by atoms with Crippen molar-refractivity contribution in [3.63, 3.8) is 0 Å². The van der Waals surface area contributed by atoms with Crippen molar-refractivity contribution in [2.75, 3.05) is 16.8 Å². The predicted octanol–water partition coefficient (Wildman–Crippen LogP) is 2.35. The van der Waals surface area contributed by atoms with Crippen molar-refractivity contribution in [3.8, 4) is 0 Å². The Morgan fingerprint density at radius 3 is 2.71 bits per heavy atom. The molecule has 0 fully saturated rings. The molecule has 0 radical (unpaired) electrons. The van der Waals surface area contributed by atoms with Crippen LogP contribution in [-0.4, -0.2) is 9.97 Å². The van der Waals surface area contributed by atoms with Gasteiger partial charge in [-0.1, -0.05) is 17.7 Å². The second kappa shape index (κ2) is 4.47. The standard InChI is InChI=1S/C11H12ClN5/c1-6-2-3-7(4-8(6)12)17-11-9(13)10(14)15-5-16-11/h2-5H,13H2,1H3,(H3,14,15,16,17). The summed E-state index contributed by atoms with van der Waals surface area (Å²) in [6.45, 7) is 1.93. The number of benzene rings is 1. The number of aromatic nitrogens is 2. The number of aryl methyl sites for hydroxylation is 1. The summed E-state index contributed by atoms with van der Waals surface area (Å²) in [4.78, 5) is 7.80. The van der Waals surface area contributed by atoms with Crippen LogP contribution in [0.5, 0.6) is 0 Å². The number of nitrogens with two attached hydrogens (primary N) is 2. The van der Waals surface area contributed by atoms with Gasteiger partial charge in [-0.15, -0.1) is 0 Å². The Morgan fingerprint density at radius 1 is 1.24 bits per heavy atom. The molecule has 0 spiro atoms. The summed E-state index contributed by atoms with van der Waals surface area (Å²) >= 11 is 6.02. The van der Waals surface area contributed by atoms with Crippen LogP contribution in [0.4, 0.5) is 23.0 Å². The summed E-state index contributed by atoms with van der Waals surface area (Å²) in [5, 5.41) is 3.72. The highest BCUT2D eigenvalue weighted by Crippen LogP contribution is 2.26. The summed E-state index contributed by atoms with van der Waals surface area (Å²) < 4.78 is 0. The zero-order chi connectivity index (χ0) is 12.4. The van der Waals surface area contributed by atoms with Crippen molar-refractivity contribution in [3.05, 3.63) is 35.1 Å². The van der Waals surface area contributed by atoms with Crippen molar-refractivity contribution < 1.29 is 0 Å². The number of nitrogens with one attached hydrogen (secondary N) is 1. The van der Waals surface area contributed by atoms with Crippen LogP contribution in [0.1, 0.15) is 5.56 Å². The third-order valence-electron chi connectivity index (χ3n) is 2.35. The first-order valence-corrected chi connectivity index (χ1v) is 5.35. The quantitative estimate of drug-likeness (QED) is 0.760. The van der Waals surface area contributed by atoms with Crippen molar-refractivity contribution in [2.45, 2.75) is 6.92 Å². The second-order valence-corrected chi connectivity index (χ2v) is 4.02. The number of anilines is 4. The lowest BCUT2D eigenvalue weighted by Crippen LogP contribution is -2.04. The van der Waals surface area contributed by atoms with E-state index in [1.807, 2.05) is 19.1 Å². The van der Waals surface area contributed by atoms with Gasteiger partial charge in [-0.2, -0.15) is 0 Å². The molecule has 0 saturated heterocycles. The lowest BCUT2D eigenvalue weighted by atomic mass is 10.2. The minimum atomic E-state index is 0.251. The monoisotopic (exact) mass is 249 g/mol. The van der Waals surface area contributed by atoms with E-state index in [4.69, 9.17) is 23.1 Å². The van der Waals surface area contributed by atoms with Crippen LogP contribution < -0.4 is 16.8 Å². The molecule has 6 heteroatoms. The molecule has 2 rings (SSSR count). The Labute approximate surface area is 104 Å². The molecule has 0 aliphatic heterocycles. The zero-order valence-corrected chi connectivity index (χ0v) is 9.99. The van der Waals surface area contributed by atoms with Crippen LogP contribution in [0.3, 0.4) is 0 Å². The zero-order valence-electron chi connectivity index (χ0n) is 9.24. The van der Waals surface area contributed by atoms with Crippen molar-refractivity contribution in [1.29, 1.82) is 0 Å². The summed E-state index contributed by atoms with van der Waals surface area (Å²) in [5.74, 6) is 0.720. The van der Waals surface area contributed by atoms with E-state index in [0.29, 0.717) is 16.5 Å². The van der Waals surface area contributed by atoms with Crippen molar-refractivity contribution >= 4 is 34.6 Å². The van der Waals surface area contributed by atoms with Gasteiger partial charge in [0.05, 0.1) is 0 Å². The Kier molecular flexibility index (Phi) is 3.01. The molecule has 2 aromatic rings. The van der Waals surface area contributed by atoms with E-state index >= 15 is 0 Å². The Hall–Kier alpha value is -2.01. The molecule has 0 bridgehead atoms. The van der Waals surface area contributed by atoms with E-state index in [1.54, 1.807) is 6.07 Å². The third kappa shape index (κ3) is 2.39. The molecule has 1 aromatic carbocycles. The van der Waals surface area contributed by atoms with Gasteiger partial charge in [0.15, 0.2) is 11.6 Å². The van der Waals surface area contributed by atoms with Crippen LogP contribution in [0.15, 0.2) is 24.5 Å².